The molecule has 1 nitrogen and oxygen atoms in total. The van der Waals surface area contributed by atoms with Gasteiger partial charge < -0.3 is 5.32 Å². The number of hydrogen-bond acceptors (Lipinski definition) is 3. The third-order valence-electron chi connectivity index (χ3n) is 3.24. The number of fused-ring (bicyclic) bond motifs is 1. The maximum Gasteiger partial charge on any atom is 0.0934 e. The maximum absolute atomic E-state index is 6.05. The molecular formula is C13H13Cl2NS2. The monoisotopic (exact) mass is 317 g/mol. The maximum atomic E-state index is 6.05. The summed E-state index contributed by atoms with van der Waals surface area (Å²) in [5.74, 6) is 0. The summed E-state index contributed by atoms with van der Waals surface area (Å²) in [6.45, 7) is 0.994. The SMILES string of the molecule is Clc1ccc(CCNC2CCc3sc(Cl)cc32)s1. The van der Waals surface area contributed by atoms with Gasteiger partial charge >= 0.3 is 0 Å². The van der Waals surface area contributed by atoms with Crippen molar-refractivity contribution in [2.75, 3.05) is 6.54 Å². The highest BCUT2D eigenvalue weighted by molar-refractivity contribution is 7.16. The molecule has 1 aliphatic carbocycles. The number of nitrogens with one attached hydrogen (secondary N) is 1. The second kappa shape index (κ2) is 5.51. The normalized spacial score (nSPS) is 18.2. The molecule has 1 N–H and O–H groups in total. The minimum Gasteiger partial charge on any atom is -0.310 e. The lowest BCUT2D eigenvalue weighted by Gasteiger charge is -2.12. The van der Waals surface area contributed by atoms with Gasteiger partial charge in [-0.25, -0.2) is 0 Å². The molecule has 0 aromatic carbocycles. The average molecular weight is 318 g/mol. The van der Waals surface area contributed by atoms with Gasteiger partial charge in [-0.05, 0) is 43.0 Å². The zero-order chi connectivity index (χ0) is 12.5. The summed E-state index contributed by atoms with van der Waals surface area (Å²) in [5.41, 5.74) is 1.41. The van der Waals surface area contributed by atoms with Crippen molar-refractivity contribution in [3.63, 3.8) is 0 Å². The Bertz CT molecular complexity index is 547. The van der Waals surface area contributed by atoms with Gasteiger partial charge in [-0.2, -0.15) is 0 Å². The van der Waals surface area contributed by atoms with E-state index < -0.39 is 0 Å². The molecular weight excluding hydrogens is 305 g/mol. The quantitative estimate of drug-likeness (QED) is 0.842. The molecule has 2 aromatic heterocycles. The van der Waals surface area contributed by atoms with Gasteiger partial charge in [0, 0.05) is 22.3 Å². The van der Waals surface area contributed by atoms with Crippen LogP contribution < -0.4 is 5.32 Å². The van der Waals surface area contributed by atoms with E-state index >= 15 is 0 Å². The molecule has 2 aromatic rings. The Hall–Kier alpha value is -0.0600. The van der Waals surface area contributed by atoms with Crippen molar-refractivity contribution in [3.05, 3.63) is 42.2 Å². The van der Waals surface area contributed by atoms with E-state index in [1.54, 1.807) is 22.7 Å². The van der Waals surface area contributed by atoms with Crippen LogP contribution in [0.25, 0.3) is 0 Å². The lowest BCUT2D eigenvalue weighted by Crippen LogP contribution is -2.21. The fourth-order valence-corrected chi connectivity index (χ4v) is 4.84. The van der Waals surface area contributed by atoms with Crippen LogP contribution in [0, 0.1) is 0 Å². The fraction of sp³-hybridized carbons (Fsp3) is 0.385. The summed E-state index contributed by atoms with van der Waals surface area (Å²) in [6.07, 6.45) is 3.40. The Balaban J connectivity index is 1.55. The lowest BCUT2D eigenvalue weighted by atomic mass is 10.2. The van der Waals surface area contributed by atoms with Gasteiger partial charge in [0.05, 0.1) is 8.67 Å². The first-order valence-electron chi connectivity index (χ1n) is 5.98. The van der Waals surface area contributed by atoms with Crippen molar-refractivity contribution < 1.29 is 0 Å². The van der Waals surface area contributed by atoms with Gasteiger partial charge in [-0.3, -0.25) is 0 Å². The van der Waals surface area contributed by atoms with Gasteiger partial charge in [0.15, 0.2) is 0 Å². The van der Waals surface area contributed by atoms with Crippen LogP contribution in [0.3, 0.4) is 0 Å². The molecule has 1 atom stereocenters. The molecule has 0 aliphatic heterocycles. The molecule has 0 bridgehead atoms. The Morgan fingerprint density at radius 1 is 1.22 bits per heavy atom. The van der Waals surface area contributed by atoms with Crippen molar-refractivity contribution >= 4 is 45.9 Å². The Kier molecular flexibility index (Phi) is 3.97. The zero-order valence-electron chi connectivity index (χ0n) is 9.71. The molecule has 96 valence electrons. The van der Waals surface area contributed by atoms with Crippen LogP contribution in [0.5, 0.6) is 0 Å². The first-order valence-corrected chi connectivity index (χ1v) is 8.37. The first kappa shape index (κ1) is 12.9. The molecule has 0 amide bonds. The predicted molar refractivity (Wildman–Crippen MR) is 81.4 cm³/mol. The number of thiophene rings is 2. The Morgan fingerprint density at radius 3 is 2.89 bits per heavy atom. The minimum atomic E-state index is 0.485. The third-order valence-corrected chi connectivity index (χ3v) is 5.87. The summed E-state index contributed by atoms with van der Waals surface area (Å²) in [6, 6.07) is 6.68. The standard InChI is InChI=1S/C13H13Cl2NS2/c14-12-4-1-8(17-12)5-6-16-10-2-3-11-9(10)7-13(15)18-11/h1,4,7,10,16H,2-3,5-6H2. The molecule has 0 fully saturated rings. The topological polar surface area (TPSA) is 12.0 Å². The van der Waals surface area contributed by atoms with E-state index in [9.17, 15) is 0 Å². The fourth-order valence-electron chi connectivity index (χ4n) is 2.40. The van der Waals surface area contributed by atoms with E-state index in [4.69, 9.17) is 23.2 Å². The Labute approximate surface area is 125 Å². The van der Waals surface area contributed by atoms with E-state index in [0.29, 0.717) is 6.04 Å². The van der Waals surface area contributed by atoms with Crippen LogP contribution >= 0.6 is 45.9 Å². The van der Waals surface area contributed by atoms with Crippen LogP contribution in [0.2, 0.25) is 8.67 Å². The van der Waals surface area contributed by atoms with E-state index in [-0.39, 0.29) is 0 Å². The van der Waals surface area contributed by atoms with Crippen molar-refractivity contribution in [1.29, 1.82) is 0 Å². The minimum absolute atomic E-state index is 0.485. The van der Waals surface area contributed by atoms with Crippen LogP contribution in [0.1, 0.15) is 27.8 Å². The molecule has 18 heavy (non-hydrogen) atoms. The van der Waals surface area contributed by atoms with Crippen molar-refractivity contribution in [1.82, 2.24) is 5.32 Å². The Morgan fingerprint density at radius 2 is 2.11 bits per heavy atom. The smallest absolute Gasteiger partial charge is 0.0934 e. The highest BCUT2D eigenvalue weighted by Crippen LogP contribution is 2.39. The molecule has 5 heteroatoms. The lowest BCUT2D eigenvalue weighted by molar-refractivity contribution is 0.535. The van der Waals surface area contributed by atoms with Gasteiger partial charge in [-0.1, -0.05) is 23.2 Å². The number of aryl methyl sites for hydroxylation is 1. The van der Waals surface area contributed by atoms with Crippen molar-refractivity contribution in [2.24, 2.45) is 0 Å². The number of hydrogen-bond donors (Lipinski definition) is 1. The molecule has 0 radical (unpaired) electrons. The van der Waals surface area contributed by atoms with Gasteiger partial charge in [0.2, 0.25) is 0 Å². The average Bonchev–Trinajstić information content (AvgIpc) is 2.97. The molecule has 1 unspecified atom stereocenters. The van der Waals surface area contributed by atoms with Gasteiger partial charge in [0.1, 0.15) is 0 Å². The van der Waals surface area contributed by atoms with Crippen LogP contribution in [0.4, 0.5) is 0 Å². The molecule has 1 aliphatic rings. The van der Waals surface area contributed by atoms with E-state index in [0.717, 1.165) is 28.1 Å². The van der Waals surface area contributed by atoms with E-state index in [1.807, 2.05) is 6.07 Å². The second-order valence-electron chi connectivity index (χ2n) is 4.43. The van der Waals surface area contributed by atoms with E-state index in [1.165, 1.54) is 21.7 Å². The summed E-state index contributed by atoms with van der Waals surface area (Å²) < 4.78 is 1.79. The summed E-state index contributed by atoms with van der Waals surface area (Å²) in [4.78, 5) is 2.80. The summed E-state index contributed by atoms with van der Waals surface area (Å²) >= 11 is 15.4. The molecule has 0 spiro atoms. The van der Waals surface area contributed by atoms with Gasteiger partial charge in [0.25, 0.3) is 0 Å². The highest BCUT2D eigenvalue weighted by atomic mass is 35.5. The molecule has 0 saturated carbocycles. The van der Waals surface area contributed by atoms with Crippen molar-refractivity contribution in [2.45, 2.75) is 25.3 Å². The zero-order valence-corrected chi connectivity index (χ0v) is 12.9. The van der Waals surface area contributed by atoms with Gasteiger partial charge in [-0.15, -0.1) is 22.7 Å². The molecule has 3 rings (SSSR count). The number of rotatable bonds is 4. The predicted octanol–water partition coefficient (Wildman–Crippen LogP) is 4.94. The summed E-state index contributed by atoms with van der Waals surface area (Å²) in [7, 11) is 0. The second-order valence-corrected chi connectivity index (χ2v) is 8.00. The van der Waals surface area contributed by atoms with Crippen LogP contribution in [-0.2, 0) is 12.8 Å². The van der Waals surface area contributed by atoms with Crippen molar-refractivity contribution in [3.8, 4) is 0 Å². The highest BCUT2D eigenvalue weighted by Gasteiger charge is 2.24. The van der Waals surface area contributed by atoms with E-state index in [2.05, 4.69) is 17.4 Å². The van der Waals surface area contributed by atoms with Crippen LogP contribution in [-0.4, -0.2) is 6.54 Å². The first-order chi connectivity index (χ1) is 8.72. The van der Waals surface area contributed by atoms with Crippen LogP contribution in [0.15, 0.2) is 18.2 Å². The largest absolute Gasteiger partial charge is 0.310 e. The molecule has 2 heterocycles. The third kappa shape index (κ3) is 2.75. The summed E-state index contributed by atoms with van der Waals surface area (Å²) in [5, 5.41) is 3.62. The number of halogens is 2. The molecule has 0 saturated heterocycles.